The summed E-state index contributed by atoms with van der Waals surface area (Å²) in [5.41, 5.74) is 0.791. The zero-order valence-corrected chi connectivity index (χ0v) is 11.6. The Kier molecular flexibility index (Phi) is 4.82. The molecule has 0 aliphatic carbocycles. The standard InChI is InChI=1S/C12H24O3Si/c1-3-5-15-16(4-2)12(10-6-13-7-10)11-8-14-9-11/h10-12,16H,3-9H2,1-2H3. The molecule has 0 aromatic heterocycles. The van der Waals surface area contributed by atoms with Crippen molar-refractivity contribution in [2.45, 2.75) is 31.9 Å². The molecule has 2 aliphatic rings. The second-order valence-electron chi connectivity index (χ2n) is 4.99. The van der Waals surface area contributed by atoms with Gasteiger partial charge in [0.1, 0.15) is 0 Å². The van der Waals surface area contributed by atoms with Gasteiger partial charge in [-0.1, -0.05) is 13.8 Å². The van der Waals surface area contributed by atoms with Gasteiger partial charge in [0, 0.05) is 18.4 Å². The third-order valence-electron chi connectivity index (χ3n) is 3.78. The quantitative estimate of drug-likeness (QED) is 0.639. The van der Waals surface area contributed by atoms with Crippen LogP contribution >= 0.6 is 0 Å². The smallest absolute Gasteiger partial charge is 0.180 e. The molecule has 2 fully saturated rings. The highest BCUT2D eigenvalue weighted by molar-refractivity contribution is 6.53. The highest BCUT2D eigenvalue weighted by Gasteiger charge is 2.43. The van der Waals surface area contributed by atoms with Gasteiger partial charge in [0.05, 0.1) is 26.4 Å². The fourth-order valence-electron chi connectivity index (χ4n) is 2.71. The Morgan fingerprint density at radius 2 is 1.69 bits per heavy atom. The average Bonchev–Trinajstić information content (AvgIpc) is 2.13. The molecule has 0 saturated carbocycles. The summed E-state index contributed by atoms with van der Waals surface area (Å²) in [5.74, 6) is 1.53. The van der Waals surface area contributed by atoms with Crippen molar-refractivity contribution < 1.29 is 13.9 Å². The average molecular weight is 244 g/mol. The highest BCUT2D eigenvalue weighted by atomic mass is 28.3. The van der Waals surface area contributed by atoms with Gasteiger partial charge in [0.15, 0.2) is 9.04 Å². The van der Waals surface area contributed by atoms with Crippen molar-refractivity contribution in [1.29, 1.82) is 0 Å². The van der Waals surface area contributed by atoms with Crippen LogP contribution in [0.5, 0.6) is 0 Å². The van der Waals surface area contributed by atoms with E-state index in [0.29, 0.717) is 0 Å². The van der Waals surface area contributed by atoms with E-state index in [4.69, 9.17) is 13.9 Å². The van der Waals surface area contributed by atoms with E-state index in [1.54, 1.807) is 0 Å². The van der Waals surface area contributed by atoms with Crippen molar-refractivity contribution in [2.24, 2.45) is 11.8 Å². The van der Waals surface area contributed by atoms with Gasteiger partial charge in [-0.2, -0.15) is 0 Å². The predicted molar refractivity (Wildman–Crippen MR) is 66.2 cm³/mol. The van der Waals surface area contributed by atoms with E-state index in [1.165, 1.54) is 6.04 Å². The Balaban J connectivity index is 1.91. The van der Waals surface area contributed by atoms with Gasteiger partial charge < -0.3 is 13.9 Å². The Morgan fingerprint density at radius 3 is 2.00 bits per heavy atom. The summed E-state index contributed by atoms with van der Waals surface area (Å²) >= 11 is 0. The molecule has 16 heavy (non-hydrogen) atoms. The van der Waals surface area contributed by atoms with Gasteiger partial charge in [-0.15, -0.1) is 0 Å². The minimum absolute atomic E-state index is 0.766. The van der Waals surface area contributed by atoms with Crippen LogP contribution in [0.4, 0.5) is 0 Å². The lowest BCUT2D eigenvalue weighted by molar-refractivity contribution is -0.0924. The maximum absolute atomic E-state index is 6.14. The molecule has 0 spiro atoms. The van der Waals surface area contributed by atoms with E-state index in [-0.39, 0.29) is 0 Å². The Morgan fingerprint density at radius 1 is 1.12 bits per heavy atom. The van der Waals surface area contributed by atoms with Crippen molar-refractivity contribution in [3.8, 4) is 0 Å². The van der Waals surface area contributed by atoms with Crippen molar-refractivity contribution >= 4 is 9.04 Å². The first-order chi connectivity index (χ1) is 7.86. The maximum atomic E-state index is 6.14. The van der Waals surface area contributed by atoms with Crippen LogP contribution < -0.4 is 0 Å². The van der Waals surface area contributed by atoms with Gasteiger partial charge in [-0.05, 0) is 18.0 Å². The zero-order valence-electron chi connectivity index (χ0n) is 10.5. The lowest BCUT2D eigenvalue weighted by atomic mass is 9.91. The summed E-state index contributed by atoms with van der Waals surface area (Å²) in [7, 11) is -1.05. The summed E-state index contributed by atoms with van der Waals surface area (Å²) in [6.07, 6.45) is 1.14. The fraction of sp³-hybridized carbons (Fsp3) is 1.00. The van der Waals surface area contributed by atoms with Gasteiger partial charge in [0.2, 0.25) is 0 Å². The SMILES string of the molecule is CCCO[SiH](CC)C(C1COC1)C1COC1. The molecular weight excluding hydrogens is 220 g/mol. The number of hydrogen-bond donors (Lipinski definition) is 0. The lowest BCUT2D eigenvalue weighted by Crippen LogP contribution is -2.48. The normalized spacial score (nSPS) is 24.2. The minimum Gasteiger partial charge on any atom is -0.420 e. The Bertz CT molecular complexity index is 190. The van der Waals surface area contributed by atoms with Gasteiger partial charge in [0.25, 0.3) is 0 Å². The number of rotatable bonds is 7. The monoisotopic (exact) mass is 244 g/mol. The van der Waals surface area contributed by atoms with E-state index >= 15 is 0 Å². The molecule has 2 saturated heterocycles. The van der Waals surface area contributed by atoms with Crippen LogP contribution in [-0.2, 0) is 13.9 Å². The molecule has 1 unspecified atom stereocenters. The second-order valence-corrected chi connectivity index (χ2v) is 7.99. The van der Waals surface area contributed by atoms with Crippen LogP contribution in [0.1, 0.15) is 20.3 Å². The molecule has 0 aromatic carbocycles. The van der Waals surface area contributed by atoms with Crippen LogP contribution in [0.2, 0.25) is 11.6 Å². The Hall–Kier alpha value is 0.0969. The van der Waals surface area contributed by atoms with Crippen LogP contribution in [0.15, 0.2) is 0 Å². The third-order valence-corrected chi connectivity index (χ3v) is 7.20. The van der Waals surface area contributed by atoms with Crippen LogP contribution in [0.25, 0.3) is 0 Å². The fourth-order valence-corrected chi connectivity index (χ4v) is 5.91. The van der Waals surface area contributed by atoms with Crippen LogP contribution in [0, 0.1) is 11.8 Å². The zero-order chi connectivity index (χ0) is 11.4. The first-order valence-electron chi connectivity index (χ1n) is 6.63. The molecule has 4 heteroatoms. The van der Waals surface area contributed by atoms with Crippen molar-refractivity contribution in [3.05, 3.63) is 0 Å². The summed E-state index contributed by atoms with van der Waals surface area (Å²) in [5, 5.41) is 0. The molecule has 0 bridgehead atoms. The first-order valence-corrected chi connectivity index (χ1v) is 8.59. The molecule has 0 amide bonds. The van der Waals surface area contributed by atoms with Gasteiger partial charge >= 0.3 is 0 Å². The molecule has 0 aromatic rings. The van der Waals surface area contributed by atoms with E-state index in [2.05, 4.69) is 13.8 Å². The Labute approximate surface area is 100 Å². The predicted octanol–water partition coefficient (Wildman–Crippen LogP) is 1.82. The maximum Gasteiger partial charge on any atom is 0.180 e. The van der Waals surface area contributed by atoms with Crippen molar-refractivity contribution in [2.75, 3.05) is 33.0 Å². The topological polar surface area (TPSA) is 27.7 Å². The van der Waals surface area contributed by atoms with E-state index in [9.17, 15) is 0 Å². The van der Waals surface area contributed by atoms with Crippen molar-refractivity contribution in [1.82, 2.24) is 0 Å². The van der Waals surface area contributed by atoms with Crippen LogP contribution in [-0.4, -0.2) is 42.1 Å². The van der Waals surface area contributed by atoms with E-state index < -0.39 is 9.04 Å². The summed E-state index contributed by atoms with van der Waals surface area (Å²) in [4.78, 5) is 0. The molecule has 2 heterocycles. The number of ether oxygens (including phenoxy) is 2. The highest BCUT2D eigenvalue weighted by Crippen LogP contribution is 2.40. The molecule has 0 N–H and O–H groups in total. The lowest BCUT2D eigenvalue weighted by Gasteiger charge is -2.44. The molecule has 94 valence electrons. The first kappa shape index (κ1) is 12.6. The molecular formula is C12H24O3Si. The summed E-state index contributed by atoms with van der Waals surface area (Å²) < 4.78 is 16.9. The largest absolute Gasteiger partial charge is 0.420 e. The van der Waals surface area contributed by atoms with Gasteiger partial charge in [-0.3, -0.25) is 0 Å². The summed E-state index contributed by atoms with van der Waals surface area (Å²) in [6, 6.07) is 1.25. The third kappa shape index (κ3) is 2.67. The van der Waals surface area contributed by atoms with E-state index in [0.717, 1.165) is 56.8 Å². The van der Waals surface area contributed by atoms with Crippen LogP contribution in [0.3, 0.4) is 0 Å². The molecule has 2 rings (SSSR count). The minimum atomic E-state index is -1.05. The number of hydrogen-bond acceptors (Lipinski definition) is 3. The van der Waals surface area contributed by atoms with E-state index in [1.807, 2.05) is 0 Å². The van der Waals surface area contributed by atoms with Crippen molar-refractivity contribution in [3.63, 3.8) is 0 Å². The second kappa shape index (κ2) is 6.14. The summed E-state index contributed by atoms with van der Waals surface area (Å²) in [6.45, 7) is 9.26. The molecule has 3 nitrogen and oxygen atoms in total. The van der Waals surface area contributed by atoms with Gasteiger partial charge in [-0.25, -0.2) is 0 Å². The molecule has 1 atom stereocenters. The molecule has 2 aliphatic heterocycles. The molecule has 0 radical (unpaired) electrons.